The molecule has 0 saturated heterocycles. The second-order valence-electron chi connectivity index (χ2n) is 5.46. The first-order valence-corrected chi connectivity index (χ1v) is 7.27. The number of benzene rings is 1. The number of rotatable bonds is 4. The molecular formula is C16H24N2O. The molecule has 0 radical (unpaired) electrons. The van der Waals surface area contributed by atoms with E-state index in [0.717, 1.165) is 38.0 Å². The van der Waals surface area contributed by atoms with Gasteiger partial charge in [0.05, 0.1) is 0 Å². The summed E-state index contributed by atoms with van der Waals surface area (Å²) in [4.78, 5) is 14.7. The Morgan fingerprint density at radius 1 is 1.42 bits per heavy atom. The van der Waals surface area contributed by atoms with E-state index in [2.05, 4.69) is 32.2 Å². The topological polar surface area (TPSA) is 32.3 Å². The fourth-order valence-corrected chi connectivity index (χ4v) is 2.72. The first-order valence-electron chi connectivity index (χ1n) is 7.27. The maximum absolute atomic E-state index is 12.8. The van der Waals surface area contributed by atoms with E-state index in [1.165, 1.54) is 11.1 Å². The molecular weight excluding hydrogens is 236 g/mol. The smallest absolute Gasteiger partial charge is 0.254 e. The molecule has 1 aliphatic heterocycles. The third-order valence-corrected chi connectivity index (χ3v) is 3.72. The Bertz CT molecular complexity index is 454. The molecule has 104 valence electrons. The van der Waals surface area contributed by atoms with E-state index in [1.807, 2.05) is 17.0 Å². The number of carbonyl (C=O) groups is 1. The lowest BCUT2D eigenvalue weighted by Crippen LogP contribution is -2.38. The number of nitrogens with zero attached hydrogens (tertiary/aromatic N) is 1. The van der Waals surface area contributed by atoms with Gasteiger partial charge in [-0.15, -0.1) is 0 Å². The van der Waals surface area contributed by atoms with Gasteiger partial charge in [0, 0.05) is 24.7 Å². The van der Waals surface area contributed by atoms with E-state index in [9.17, 15) is 4.79 Å². The van der Waals surface area contributed by atoms with Crippen molar-refractivity contribution in [3.63, 3.8) is 0 Å². The molecule has 3 heteroatoms. The number of fused-ring (bicyclic) bond motifs is 1. The molecule has 0 aromatic heterocycles. The van der Waals surface area contributed by atoms with Gasteiger partial charge in [-0.2, -0.15) is 0 Å². The third kappa shape index (κ3) is 2.98. The minimum absolute atomic E-state index is 0.190. The van der Waals surface area contributed by atoms with Crippen molar-refractivity contribution in [3.05, 3.63) is 34.9 Å². The van der Waals surface area contributed by atoms with Crippen molar-refractivity contribution in [3.8, 4) is 0 Å². The van der Waals surface area contributed by atoms with Crippen molar-refractivity contribution < 1.29 is 4.79 Å². The van der Waals surface area contributed by atoms with Gasteiger partial charge in [-0.25, -0.2) is 0 Å². The Labute approximate surface area is 116 Å². The van der Waals surface area contributed by atoms with Crippen molar-refractivity contribution in [2.75, 3.05) is 13.1 Å². The lowest BCUT2D eigenvalue weighted by atomic mass is 9.94. The van der Waals surface area contributed by atoms with Crippen molar-refractivity contribution >= 4 is 5.91 Å². The van der Waals surface area contributed by atoms with Crippen LogP contribution in [-0.2, 0) is 13.0 Å². The molecule has 2 rings (SSSR count). The van der Waals surface area contributed by atoms with Gasteiger partial charge in [-0.1, -0.05) is 19.1 Å². The normalized spacial score (nSPS) is 14.3. The molecule has 0 unspecified atom stereocenters. The molecule has 1 heterocycles. The molecule has 3 nitrogen and oxygen atoms in total. The number of amides is 1. The Hall–Kier alpha value is -1.35. The number of nitrogens with one attached hydrogen (secondary N) is 1. The zero-order valence-electron chi connectivity index (χ0n) is 12.2. The maximum Gasteiger partial charge on any atom is 0.254 e. The number of carbonyl (C=O) groups excluding carboxylic acids is 1. The van der Waals surface area contributed by atoms with Crippen LogP contribution in [0.15, 0.2) is 18.2 Å². The molecule has 0 bridgehead atoms. The average molecular weight is 260 g/mol. The molecule has 0 spiro atoms. The Morgan fingerprint density at radius 3 is 2.89 bits per heavy atom. The summed E-state index contributed by atoms with van der Waals surface area (Å²) in [5.74, 6) is 0.190. The van der Waals surface area contributed by atoms with Crippen LogP contribution in [0.4, 0.5) is 0 Å². The zero-order chi connectivity index (χ0) is 13.8. The van der Waals surface area contributed by atoms with Gasteiger partial charge >= 0.3 is 0 Å². The summed E-state index contributed by atoms with van der Waals surface area (Å²) >= 11 is 0. The SMILES string of the molecule is CCCN(C(=O)c1cccc2c1CCNC2)C(C)C. The molecule has 1 N–H and O–H groups in total. The lowest BCUT2D eigenvalue weighted by molar-refractivity contribution is 0.0704. The predicted molar refractivity (Wildman–Crippen MR) is 78.3 cm³/mol. The van der Waals surface area contributed by atoms with Gasteiger partial charge < -0.3 is 10.2 Å². The van der Waals surface area contributed by atoms with Crippen LogP contribution in [0.25, 0.3) is 0 Å². The highest BCUT2D eigenvalue weighted by molar-refractivity contribution is 5.96. The van der Waals surface area contributed by atoms with Crippen LogP contribution in [0, 0.1) is 0 Å². The van der Waals surface area contributed by atoms with Crippen molar-refractivity contribution in [1.82, 2.24) is 10.2 Å². The van der Waals surface area contributed by atoms with E-state index < -0.39 is 0 Å². The molecule has 0 aliphatic carbocycles. The molecule has 0 fully saturated rings. The molecule has 1 aromatic carbocycles. The van der Waals surface area contributed by atoms with Crippen LogP contribution < -0.4 is 5.32 Å². The van der Waals surface area contributed by atoms with Crippen LogP contribution in [0.1, 0.15) is 48.7 Å². The van der Waals surface area contributed by atoms with E-state index >= 15 is 0 Å². The molecule has 1 aromatic rings. The fourth-order valence-electron chi connectivity index (χ4n) is 2.72. The summed E-state index contributed by atoms with van der Waals surface area (Å²) in [5.41, 5.74) is 3.42. The quantitative estimate of drug-likeness (QED) is 0.902. The van der Waals surface area contributed by atoms with Crippen molar-refractivity contribution in [1.29, 1.82) is 0 Å². The molecule has 0 saturated carbocycles. The van der Waals surface area contributed by atoms with Crippen LogP contribution in [0.2, 0.25) is 0 Å². The van der Waals surface area contributed by atoms with Crippen molar-refractivity contribution in [2.45, 2.75) is 46.2 Å². The lowest BCUT2D eigenvalue weighted by Gasteiger charge is -2.28. The Kier molecular flexibility index (Phi) is 4.59. The van der Waals surface area contributed by atoms with E-state index in [1.54, 1.807) is 0 Å². The summed E-state index contributed by atoms with van der Waals surface area (Å²) in [5, 5.41) is 3.36. The van der Waals surface area contributed by atoms with Gasteiger partial charge in [0.15, 0.2) is 0 Å². The minimum atomic E-state index is 0.190. The summed E-state index contributed by atoms with van der Waals surface area (Å²) in [6.45, 7) is 8.97. The largest absolute Gasteiger partial charge is 0.336 e. The molecule has 0 atom stereocenters. The predicted octanol–water partition coefficient (Wildman–Crippen LogP) is 2.59. The van der Waals surface area contributed by atoms with Crippen LogP contribution in [0.5, 0.6) is 0 Å². The molecule has 1 amide bonds. The zero-order valence-corrected chi connectivity index (χ0v) is 12.2. The fraction of sp³-hybridized carbons (Fsp3) is 0.562. The standard InChI is InChI=1S/C16H24N2O/c1-4-10-18(12(2)3)16(19)15-7-5-6-13-11-17-9-8-14(13)15/h5-7,12,17H,4,8-11H2,1-3H3. The summed E-state index contributed by atoms with van der Waals surface area (Å²) in [6, 6.07) is 6.36. The first-order chi connectivity index (χ1) is 9.15. The summed E-state index contributed by atoms with van der Waals surface area (Å²) in [7, 11) is 0. The minimum Gasteiger partial charge on any atom is -0.336 e. The number of hydrogen-bond acceptors (Lipinski definition) is 2. The highest BCUT2D eigenvalue weighted by atomic mass is 16.2. The van der Waals surface area contributed by atoms with Gasteiger partial charge in [0.25, 0.3) is 5.91 Å². The van der Waals surface area contributed by atoms with Gasteiger partial charge in [0.2, 0.25) is 0 Å². The second kappa shape index (κ2) is 6.20. The van der Waals surface area contributed by atoms with Crippen LogP contribution in [0.3, 0.4) is 0 Å². The van der Waals surface area contributed by atoms with E-state index in [0.29, 0.717) is 0 Å². The maximum atomic E-state index is 12.8. The van der Waals surface area contributed by atoms with Crippen molar-refractivity contribution in [2.24, 2.45) is 0 Å². The van der Waals surface area contributed by atoms with E-state index in [-0.39, 0.29) is 11.9 Å². The van der Waals surface area contributed by atoms with E-state index in [4.69, 9.17) is 0 Å². The highest BCUT2D eigenvalue weighted by Crippen LogP contribution is 2.21. The monoisotopic (exact) mass is 260 g/mol. The molecule has 19 heavy (non-hydrogen) atoms. The average Bonchev–Trinajstić information content (AvgIpc) is 2.43. The summed E-state index contributed by atoms with van der Waals surface area (Å²) in [6.07, 6.45) is 1.95. The van der Waals surface area contributed by atoms with Gasteiger partial charge in [-0.05, 0) is 50.4 Å². The number of hydrogen-bond donors (Lipinski definition) is 1. The van der Waals surface area contributed by atoms with Gasteiger partial charge in [0.1, 0.15) is 0 Å². The first kappa shape index (κ1) is 14.1. The Balaban J connectivity index is 2.32. The van der Waals surface area contributed by atoms with Crippen LogP contribution in [-0.4, -0.2) is 29.9 Å². The molecule has 1 aliphatic rings. The second-order valence-corrected chi connectivity index (χ2v) is 5.46. The van der Waals surface area contributed by atoms with Gasteiger partial charge in [-0.3, -0.25) is 4.79 Å². The Morgan fingerprint density at radius 2 is 2.21 bits per heavy atom. The summed E-state index contributed by atoms with van der Waals surface area (Å²) < 4.78 is 0. The highest BCUT2D eigenvalue weighted by Gasteiger charge is 2.22. The third-order valence-electron chi connectivity index (χ3n) is 3.72. The van der Waals surface area contributed by atoms with Crippen LogP contribution >= 0.6 is 0 Å².